The molecule has 2 aromatic carbocycles. The summed E-state index contributed by atoms with van der Waals surface area (Å²) in [7, 11) is 0. The monoisotopic (exact) mass is 502 g/mol. The van der Waals surface area contributed by atoms with Gasteiger partial charge in [-0.25, -0.2) is 4.79 Å². The van der Waals surface area contributed by atoms with E-state index in [1.165, 1.54) is 11.5 Å². The van der Waals surface area contributed by atoms with Gasteiger partial charge in [0.15, 0.2) is 6.54 Å². The van der Waals surface area contributed by atoms with Crippen molar-refractivity contribution >= 4 is 40.7 Å². The van der Waals surface area contributed by atoms with Crippen molar-refractivity contribution in [1.82, 2.24) is 10.2 Å². The molecule has 4 aliphatic heterocycles. The van der Waals surface area contributed by atoms with E-state index in [0.717, 1.165) is 48.7 Å². The fourth-order valence-electron chi connectivity index (χ4n) is 5.67. The SMILES string of the molecule is CC(=O)Nc1cccc(CN2CCN3c4cc5c(cc4OC[C@@H]3C2)C(=O)[N+](=C2CCC(=O)NC2=O)C5)c1. The molecule has 4 aliphatic rings. The number of anilines is 2. The number of piperazine rings is 1. The normalized spacial score (nSPS) is 23.1. The first kappa shape index (κ1) is 23.4. The van der Waals surface area contributed by atoms with E-state index >= 15 is 0 Å². The maximum atomic E-state index is 13.1. The number of rotatable bonds is 3. The van der Waals surface area contributed by atoms with Crippen molar-refractivity contribution in [3.05, 3.63) is 53.1 Å². The van der Waals surface area contributed by atoms with Gasteiger partial charge < -0.3 is 15.0 Å². The molecule has 10 heteroatoms. The number of carbonyl (C=O) groups is 4. The van der Waals surface area contributed by atoms with Crippen molar-refractivity contribution in [1.29, 1.82) is 0 Å². The number of imide groups is 1. The molecule has 1 atom stereocenters. The standard InChI is InChI=1S/C27H27N5O5/c1-16(33)28-19-4-2-3-17(9-19)12-30-7-8-31-20(14-30)15-37-24-11-21-18(10-23(24)31)13-32(27(21)36)22-5-6-25(34)29-26(22)35/h2-4,9-11,20H,5-8,12-15H2,1H3,(H-,28,29,33,34,35)/p+1/t20-/m0/s1. The molecule has 0 saturated carbocycles. The lowest BCUT2D eigenvalue weighted by molar-refractivity contribution is -0.438. The van der Waals surface area contributed by atoms with Gasteiger partial charge in [-0.15, -0.1) is 0 Å². The van der Waals surface area contributed by atoms with Crippen molar-refractivity contribution in [2.75, 3.05) is 36.5 Å². The van der Waals surface area contributed by atoms with Crippen LogP contribution in [0.4, 0.5) is 11.4 Å². The second-order valence-electron chi connectivity index (χ2n) is 9.97. The molecule has 0 bridgehead atoms. The van der Waals surface area contributed by atoms with E-state index in [9.17, 15) is 19.2 Å². The highest BCUT2D eigenvalue weighted by Gasteiger charge is 2.42. The number of hydrogen-bond acceptors (Lipinski definition) is 7. The summed E-state index contributed by atoms with van der Waals surface area (Å²) in [6, 6.07) is 11.9. The van der Waals surface area contributed by atoms with Crippen LogP contribution in [-0.2, 0) is 27.5 Å². The number of benzene rings is 2. The summed E-state index contributed by atoms with van der Waals surface area (Å²) < 4.78 is 7.62. The molecule has 2 aromatic rings. The van der Waals surface area contributed by atoms with E-state index in [0.29, 0.717) is 30.2 Å². The molecule has 4 amide bonds. The third kappa shape index (κ3) is 4.37. The summed E-state index contributed by atoms with van der Waals surface area (Å²) in [5, 5.41) is 5.15. The predicted octanol–water partition coefficient (Wildman–Crippen LogP) is 1.27. The highest BCUT2D eigenvalue weighted by molar-refractivity contribution is 6.42. The number of piperidine rings is 1. The van der Waals surface area contributed by atoms with Crippen molar-refractivity contribution in [2.45, 2.75) is 38.9 Å². The zero-order chi connectivity index (χ0) is 25.7. The zero-order valence-corrected chi connectivity index (χ0v) is 20.6. The van der Waals surface area contributed by atoms with Gasteiger partial charge in [-0.2, -0.15) is 4.58 Å². The number of nitrogens with one attached hydrogen (secondary N) is 2. The van der Waals surface area contributed by atoms with Crippen LogP contribution in [-0.4, -0.2) is 71.1 Å². The summed E-state index contributed by atoms with van der Waals surface area (Å²) in [5.74, 6) is -0.426. The van der Waals surface area contributed by atoms with Crippen LogP contribution in [0, 0.1) is 0 Å². The Morgan fingerprint density at radius 3 is 2.84 bits per heavy atom. The van der Waals surface area contributed by atoms with Gasteiger partial charge in [0.05, 0.1) is 11.7 Å². The lowest BCUT2D eigenvalue weighted by atomic mass is 10.0. The Labute approximate surface area is 213 Å². The van der Waals surface area contributed by atoms with Crippen molar-refractivity contribution in [2.24, 2.45) is 0 Å². The quantitative estimate of drug-likeness (QED) is 0.480. The van der Waals surface area contributed by atoms with Crippen LogP contribution in [0.2, 0.25) is 0 Å². The summed E-state index contributed by atoms with van der Waals surface area (Å²) >= 11 is 0. The number of amides is 4. The minimum absolute atomic E-state index is 0.0872. The van der Waals surface area contributed by atoms with Gasteiger partial charge in [0.25, 0.3) is 5.71 Å². The van der Waals surface area contributed by atoms with Gasteiger partial charge >= 0.3 is 11.8 Å². The number of ether oxygens (including phenoxy) is 1. The van der Waals surface area contributed by atoms with Crippen molar-refractivity contribution in [3.8, 4) is 5.75 Å². The van der Waals surface area contributed by atoms with Crippen LogP contribution in [0.1, 0.15) is 41.3 Å². The Kier molecular flexibility index (Phi) is 5.75. The Morgan fingerprint density at radius 1 is 1.16 bits per heavy atom. The van der Waals surface area contributed by atoms with E-state index in [2.05, 4.69) is 26.5 Å². The number of carbonyl (C=O) groups excluding carboxylic acids is 4. The van der Waals surface area contributed by atoms with E-state index in [1.807, 2.05) is 24.3 Å². The Bertz CT molecular complexity index is 1380. The highest BCUT2D eigenvalue weighted by Crippen LogP contribution is 2.40. The molecule has 0 unspecified atom stereocenters. The molecule has 2 N–H and O–H groups in total. The van der Waals surface area contributed by atoms with Crippen LogP contribution in [0.5, 0.6) is 5.75 Å². The van der Waals surface area contributed by atoms with Crippen LogP contribution >= 0.6 is 0 Å². The predicted molar refractivity (Wildman–Crippen MR) is 135 cm³/mol. The molecule has 0 aliphatic carbocycles. The Hall–Kier alpha value is -4.05. The molecule has 4 heterocycles. The fourth-order valence-corrected chi connectivity index (χ4v) is 5.67. The largest absolute Gasteiger partial charge is 0.489 e. The molecule has 190 valence electrons. The van der Waals surface area contributed by atoms with Gasteiger partial charge in [0.2, 0.25) is 11.8 Å². The van der Waals surface area contributed by atoms with Crippen LogP contribution < -0.4 is 20.3 Å². The lowest BCUT2D eigenvalue weighted by Gasteiger charge is -2.45. The van der Waals surface area contributed by atoms with Gasteiger partial charge in [0, 0.05) is 63.3 Å². The first-order valence-corrected chi connectivity index (χ1v) is 12.5. The number of nitrogens with zero attached hydrogens (tertiary/aromatic N) is 3. The molecule has 2 saturated heterocycles. The van der Waals surface area contributed by atoms with Crippen molar-refractivity contribution < 1.29 is 28.5 Å². The summed E-state index contributed by atoms with van der Waals surface area (Å²) in [5.41, 5.74) is 4.67. The van der Waals surface area contributed by atoms with Crippen LogP contribution in [0.25, 0.3) is 0 Å². The maximum absolute atomic E-state index is 13.1. The lowest BCUT2D eigenvalue weighted by Crippen LogP contribution is -2.56. The minimum Gasteiger partial charge on any atom is -0.489 e. The third-order valence-corrected chi connectivity index (χ3v) is 7.38. The number of hydrogen-bond donors (Lipinski definition) is 2. The zero-order valence-electron chi connectivity index (χ0n) is 20.6. The minimum atomic E-state index is -0.489. The van der Waals surface area contributed by atoms with E-state index in [1.54, 1.807) is 6.07 Å². The number of fused-ring (bicyclic) bond motifs is 4. The van der Waals surface area contributed by atoms with Gasteiger partial charge in [-0.05, 0) is 23.8 Å². The average molecular weight is 503 g/mol. The molecule has 0 radical (unpaired) electrons. The van der Waals surface area contributed by atoms with E-state index in [-0.39, 0.29) is 36.6 Å². The van der Waals surface area contributed by atoms with E-state index in [4.69, 9.17) is 4.74 Å². The molecular weight excluding hydrogens is 474 g/mol. The fraction of sp³-hybridized carbons (Fsp3) is 0.370. The summed E-state index contributed by atoms with van der Waals surface area (Å²) in [4.78, 5) is 53.1. The average Bonchev–Trinajstić information content (AvgIpc) is 3.17. The molecule has 0 spiro atoms. The van der Waals surface area contributed by atoms with Crippen LogP contribution in [0.3, 0.4) is 0 Å². The molecule has 2 fully saturated rings. The Balaban J connectivity index is 1.19. The van der Waals surface area contributed by atoms with Crippen molar-refractivity contribution in [3.63, 3.8) is 0 Å². The van der Waals surface area contributed by atoms with Gasteiger partial charge in [0.1, 0.15) is 17.9 Å². The molecule has 0 aromatic heterocycles. The maximum Gasteiger partial charge on any atom is 0.420 e. The smallest absolute Gasteiger partial charge is 0.420 e. The van der Waals surface area contributed by atoms with Gasteiger partial charge in [-0.1, -0.05) is 12.1 Å². The van der Waals surface area contributed by atoms with E-state index < -0.39 is 5.91 Å². The summed E-state index contributed by atoms with van der Waals surface area (Å²) in [6.07, 6.45) is 0.461. The highest BCUT2D eigenvalue weighted by atomic mass is 16.5. The second kappa shape index (κ2) is 9.11. The van der Waals surface area contributed by atoms with Gasteiger partial charge in [-0.3, -0.25) is 24.6 Å². The topological polar surface area (TPSA) is 111 Å². The molecule has 37 heavy (non-hydrogen) atoms. The molecule has 6 rings (SSSR count). The third-order valence-electron chi connectivity index (χ3n) is 7.38. The summed E-state index contributed by atoms with van der Waals surface area (Å²) in [6.45, 7) is 5.64. The second-order valence-corrected chi connectivity index (χ2v) is 9.97. The Morgan fingerprint density at radius 2 is 2.03 bits per heavy atom. The first-order chi connectivity index (χ1) is 17.9. The molecule has 10 nitrogen and oxygen atoms in total. The first-order valence-electron chi connectivity index (χ1n) is 12.5. The molecular formula is C27H28N5O5+. The van der Waals surface area contributed by atoms with Crippen LogP contribution in [0.15, 0.2) is 36.4 Å².